The zero-order valence-electron chi connectivity index (χ0n) is 10.5. The quantitative estimate of drug-likeness (QED) is 0.594. The minimum Gasteiger partial charge on any atom is -0.326 e. The summed E-state index contributed by atoms with van der Waals surface area (Å²) >= 11 is 0. The van der Waals surface area contributed by atoms with Crippen LogP contribution in [0.2, 0.25) is 0 Å². The van der Waals surface area contributed by atoms with Crippen LogP contribution in [0.15, 0.2) is 23.1 Å². The molecule has 0 saturated heterocycles. The van der Waals surface area contributed by atoms with E-state index in [-0.39, 0.29) is 17.5 Å². The zero-order valence-corrected chi connectivity index (χ0v) is 11.3. The second-order valence-electron chi connectivity index (χ2n) is 4.72. The fourth-order valence-corrected chi connectivity index (χ4v) is 2.87. The topological polar surface area (TPSA) is 115 Å². The van der Waals surface area contributed by atoms with E-state index in [1.165, 1.54) is 0 Å². The Balaban J connectivity index is 2.16. The van der Waals surface area contributed by atoms with Crippen LogP contribution in [0, 0.1) is 21.8 Å². The Bertz CT molecular complexity index is 631. The van der Waals surface area contributed by atoms with Crippen LogP contribution in [-0.4, -0.2) is 25.9 Å². The maximum absolute atomic E-state index is 13.2. The molecule has 1 saturated carbocycles. The van der Waals surface area contributed by atoms with Crippen LogP contribution < -0.4 is 10.5 Å². The molecule has 0 aromatic heterocycles. The summed E-state index contributed by atoms with van der Waals surface area (Å²) < 4.78 is 39.4. The van der Waals surface area contributed by atoms with Crippen molar-refractivity contribution in [2.24, 2.45) is 11.7 Å². The van der Waals surface area contributed by atoms with Crippen LogP contribution in [-0.2, 0) is 10.0 Å². The Morgan fingerprint density at radius 3 is 2.70 bits per heavy atom. The summed E-state index contributed by atoms with van der Waals surface area (Å²) in [5.74, 6) is -0.760. The van der Waals surface area contributed by atoms with Crippen molar-refractivity contribution >= 4 is 15.7 Å². The summed E-state index contributed by atoms with van der Waals surface area (Å²) in [4.78, 5) is 9.27. The third-order valence-electron chi connectivity index (χ3n) is 3.16. The summed E-state index contributed by atoms with van der Waals surface area (Å²) in [5, 5.41) is 10.6. The van der Waals surface area contributed by atoms with Gasteiger partial charge in [-0.25, -0.2) is 13.1 Å². The molecule has 1 atom stereocenters. The predicted molar refractivity (Wildman–Crippen MR) is 68.9 cm³/mol. The first kappa shape index (κ1) is 14.8. The van der Waals surface area contributed by atoms with Gasteiger partial charge in [0.15, 0.2) is 0 Å². The number of nitro groups is 1. The molecular formula is C11H14FN3O4S. The van der Waals surface area contributed by atoms with Crippen molar-refractivity contribution < 1.29 is 17.7 Å². The van der Waals surface area contributed by atoms with Crippen molar-refractivity contribution in [3.05, 3.63) is 34.1 Å². The van der Waals surface area contributed by atoms with E-state index in [4.69, 9.17) is 5.73 Å². The van der Waals surface area contributed by atoms with Crippen molar-refractivity contribution in [3.63, 3.8) is 0 Å². The van der Waals surface area contributed by atoms with Gasteiger partial charge in [-0.15, -0.1) is 0 Å². The van der Waals surface area contributed by atoms with Gasteiger partial charge in [0, 0.05) is 18.7 Å². The lowest BCUT2D eigenvalue weighted by Gasteiger charge is -2.12. The first-order valence-electron chi connectivity index (χ1n) is 6.00. The standard InChI is InChI=1S/C11H14FN3O4S/c12-9-4-3-8(5-11(9)15(16)17)20(18,19)14-6-10(13)7-1-2-7/h3-5,7,10,14H,1-2,6,13H2. The van der Waals surface area contributed by atoms with E-state index in [1.807, 2.05) is 0 Å². The average molecular weight is 303 g/mol. The molecule has 110 valence electrons. The van der Waals surface area contributed by atoms with E-state index >= 15 is 0 Å². The molecule has 3 N–H and O–H groups in total. The maximum atomic E-state index is 13.2. The minimum atomic E-state index is -3.93. The number of nitro benzene ring substituents is 1. The highest BCUT2D eigenvalue weighted by molar-refractivity contribution is 7.89. The minimum absolute atomic E-state index is 0.0537. The Labute approximate surface area is 115 Å². The molecule has 1 aliphatic carbocycles. The Morgan fingerprint density at radius 1 is 1.50 bits per heavy atom. The first-order chi connectivity index (χ1) is 9.31. The van der Waals surface area contributed by atoms with Crippen LogP contribution in [0.4, 0.5) is 10.1 Å². The second kappa shape index (κ2) is 5.43. The first-order valence-corrected chi connectivity index (χ1v) is 7.49. The van der Waals surface area contributed by atoms with Gasteiger partial charge >= 0.3 is 5.69 Å². The molecule has 1 aromatic carbocycles. The van der Waals surface area contributed by atoms with Gasteiger partial charge in [0.2, 0.25) is 15.8 Å². The highest BCUT2D eigenvalue weighted by atomic mass is 32.2. The monoisotopic (exact) mass is 303 g/mol. The molecule has 0 amide bonds. The molecule has 2 rings (SSSR count). The summed E-state index contributed by atoms with van der Waals surface area (Å²) in [6.45, 7) is 0.0537. The molecule has 1 aliphatic rings. The van der Waals surface area contributed by atoms with Crippen LogP contribution in [0.3, 0.4) is 0 Å². The zero-order chi connectivity index (χ0) is 14.9. The average Bonchev–Trinajstić information content (AvgIpc) is 3.20. The number of nitrogens with zero attached hydrogens (tertiary/aromatic N) is 1. The normalized spacial score (nSPS) is 16.9. The van der Waals surface area contributed by atoms with Gasteiger partial charge in [0.25, 0.3) is 0 Å². The summed E-state index contributed by atoms with van der Waals surface area (Å²) in [6.07, 6.45) is 1.95. The molecule has 20 heavy (non-hydrogen) atoms. The summed E-state index contributed by atoms with van der Waals surface area (Å²) in [6, 6.07) is 2.15. The highest BCUT2D eigenvalue weighted by Crippen LogP contribution is 2.31. The van der Waals surface area contributed by atoms with Crippen molar-refractivity contribution in [2.45, 2.75) is 23.8 Å². The number of hydrogen-bond acceptors (Lipinski definition) is 5. The Morgan fingerprint density at radius 2 is 2.15 bits per heavy atom. The number of nitrogens with two attached hydrogens (primary N) is 1. The molecule has 7 nitrogen and oxygen atoms in total. The second-order valence-corrected chi connectivity index (χ2v) is 6.49. The number of hydrogen-bond donors (Lipinski definition) is 2. The van der Waals surface area contributed by atoms with Gasteiger partial charge in [0.05, 0.1) is 9.82 Å². The fraction of sp³-hybridized carbons (Fsp3) is 0.455. The molecule has 0 heterocycles. The summed E-state index contributed by atoms with van der Waals surface area (Å²) in [5.41, 5.74) is 4.90. The SMILES string of the molecule is NC(CNS(=O)(=O)c1ccc(F)c([N+](=O)[O-])c1)C1CC1. The van der Waals surface area contributed by atoms with E-state index < -0.39 is 26.5 Å². The largest absolute Gasteiger partial charge is 0.326 e. The highest BCUT2D eigenvalue weighted by Gasteiger charge is 2.29. The number of sulfonamides is 1. The lowest BCUT2D eigenvalue weighted by molar-refractivity contribution is -0.387. The van der Waals surface area contributed by atoms with Gasteiger partial charge in [0.1, 0.15) is 0 Å². The lowest BCUT2D eigenvalue weighted by Crippen LogP contribution is -2.38. The molecule has 1 fully saturated rings. The molecule has 0 spiro atoms. The van der Waals surface area contributed by atoms with E-state index in [0.29, 0.717) is 12.0 Å². The van der Waals surface area contributed by atoms with Crippen LogP contribution in [0.1, 0.15) is 12.8 Å². The molecule has 1 unspecified atom stereocenters. The number of halogens is 1. The molecule has 9 heteroatoms. The van der Waals surface area contributed by atoms with E-state index in [0.717, 1.165) is 25.0 Å². The van der Waals surface area contributed by atoms with Crippen molar-refractivity contribution in [3.8, 4) is 0 Å². The van der Waals surface area contributed by atoms with Crippen LogP contribution in [0.25, 0.3) is 0 Å². The Hall–Kier alpha value is -1.58. The van der Waals surface area contributed by atoms with Gasteiger partial charge < -0.3 is 5.73 Å². The van der Waals surface area contributed by atoms with E-state index in [9.17, 15) is 22.9 Å². The molecular weight excluding hydrogens is 289 g/mol. The third-order valence-corrected chi connectivity index (χ3v) is 4.58. The molecule has 0 radical (unpaired) electrons. The number of nitrogens with one attached hydrogen (secondary N) is 1. The summed E-state index contributed by atoms with van der Waals surface area (Å²) in [7, 11) is -3.93. The number of benzene rings is 1. The predicted octanol–water partition coefficient (Wildman–Crippen LogP) is 0.750. The van der Waals surface area contributed by atoms with Gasteiger partial charge in [-0.05, 0) is 30.9 Å². The Kier molecular flexibility index (Phi) is 4.02. The van der Waals surface area contributed by atoms with Crippen LogP contribution in [0.5, 0.6) is 0 Å². The molecule has 0 aliphatic heterocycles. The third kappa shape index (κ3) is 3.30. The molecule has 0 bridgehead atoms. The van der Waals surface area contributed by atoms with E-state index in [2.05, 4.69) is 4.72 Å². The van der Waals surface area contributed by atoms with Crippen LogP contribution >= 0.6 is 0 Å². The molecule has 1 aromatic rings. The van der Waals surface area contributed by atoms with Gasteiger partial charge in [-0.3, -0.25) is 10.1 Å². The van der Waals surface area contributed by atoms with Gasteiger partial charge in [-0.2, -0.15) is 4.39 Å². The van der Waals surface area contributed by atoms with Crippen molar-refractivity contribution in [1.29, 1.82) is 0 Å². The van der Waals surface area contributed by atoms with E-state index in [1.54, 1.807) is 0 Å². The smallest absolute Gasteiger partial charge is 0.306 e. The maximum Gasteiger partial charge on any atom is 0.306 e. The van der Waals surface area contributed by atoms with Crippen molar-refractivity contribution in [1.82, 2.24) is 4.72 Å². The van der Waals surface area contributed by atoms with Crippen molar-refractivity contribution in [2.75, 3.05) is 6.54 Å². The number of rotatable bonds is 6. The lowest BCUT2D eigenvalue weighted by atomic mass is 10.2. The van der Waals surface area contributed by atoms with Gasteiger partial charge in [-0.1, -0.05) is 0 Å². The fourth-order valence-electron chi connectivity index (χ4n) is 1.78.